The van der Waals surface area contributed by atoms with E-state index in [1.54, 1.807) is 30.0 Å². The molecule has 0 atom stereocenters. The Morgan fingerprint density at radius 3 is 2.70 bits per heavy atom. The molecule has 136 valence electrons. The van der Waals surface area contributed by atoms with Crippen molar-refractivity contribution in [3.05, 3.63) is 59.5 Å². The predicted molar refractivity (Wildman–Crippen MR) is 96.1 cm³/mol. The van der Waals surface area contributed by atoms with Gasteiger partial charge in [0.15, 0.2) is 5.69 Å². The van der Waals surface area contributed by atoms with Crippen LogP contribution in [0, 0.1) is 19.7 Å². The van der Waals surface area contributed by atoms with E-state index in [1.165, 1.54) is 6.07 Å². The lowest BCUT2D eigenvalue weighted by Crippen LogP contribution is -2.02. The first-order valence-electron chi connectivity index (χ1n) is 8.25. The van der Waals surface area contributed by atoms with Gasteiger partial charge in [-0.25, -0.2) is 9.07 Å². The van der Waals surface area contributed by atoms with Crippen molar-refractivity contribution in [3.63, 3.8) is 0 Å². The maximum absolute atomic E-state index is 13.9. The largest absolute Gasteiger partial charge is 0.494 e. The average Bonchev–Trinajstić information content (AvgIpc) is 3.28. The van der Waals surface area contributed by atoms with Gasteiger partial charge >= 0.3 is 0 Å². The van der Waals surface area contributed by atoms with Crippen LogP contribution in [0.5, 0.6) is 5.75 Å². The minimum atomic E-state index is -0.422. The van der Waals surface area contributed by atoms with E-state index in [0.717, 1.165) is 11.3 Å². The molecule has 2 aromatic heterocycles. The highest BCUT2D eigenvalue weighted by molar-refractivity contribution is 5.60. The summed E-state index contributed by atoms with van der Waals surface area (Å²) in [6, 6.07) is 12.0. The normalized spacial score (nSPS) is 11.0. The van der Waals surface area contributed by atoms with Crippen molar-refractivity contribution >= 4 is 0 Å². The summed E-state index contributed by atoms with van der Waals surface area (Å²) in [5.41, 5.74) is 3.19. The van der Waals surface area contributed by atoms with Crippen LogP contribution in [0.3, 0.4) is 0 Å². The van der Waals surface area contributed by atoms with Gasteiger partial charge in [0.05, 0.1) is 18.4 Å². The second kappa shape index (κ2) is 6.64. The van der Waals surface area contributed by atoms with Gasteiger partial charge in [-0.1, -0.05) is 28.6 Å². The number of methoxy groups -OCH3 is 1. The highest BCUT2D eigenvalue weighted by Gasteiger charge is 2.21. The quantitative estimate of drug-likeness (QED) is 0.548. The third kappa shape index (κ3) is 2.95. The van der Waals surface area contributed by atoms with Crippen LogP contribution >= 0.6 is 0 Å². The van der Waals surface area contributed by atoms with Gasteiger partial charge < -0.3 is 9.26 Å². The Bertz CT molecular complexity index is 1120. The van der Waals surface area contributed by atoms with Crippen LogP contribution in [-0.4, -0.2) is 32.2 Å². The highest BCUT2D eigenvalue weighted by atomic mass is 19.1. The Morgan fingerprint density at radius 1 is 1.11 bits per heavy atom. The Hall–Kier alpha value is -3.55. The summed E-state index contributed by atoms with van der Waals surface area (Å²) in [6.07, 6.45) is 0. The Balaban J connectivity index is 1.76. The zero-order chi connectivity index (χ0) is 19.0. The monoisotopic (exact) mass is 365 g/mol. The summed E-state index contributed by atoms with van der Waals surface area (Å²) in [7, 11) is 1.60. The summed E-state index contributed by atoms with van der Waals surface area (Å²) in [6.45, 7) is 3.82. The fraction of sp³-hybridized carbons (Fsp3) is 0.158. The molecule has 0 radical (unpaired) electrons. The Morgan fingerprint density at radius 2 is 1.93 bits per heavy atom. The van der Waals surface area contributed by atoms with Crippen molar-refractivity contribution in [1.82, 2.24) is 25.1 Å². The van der Waals surface area contributed by atoms with E-state index in [-0.39, 0.29) is 17.3 Å². The molecule has 0 bridgehead atoms. The topological polar surface area (TPSA) is 78.9 Å². The molecule has 0 aliphatic heterocycles. The summed E-state index contributed by atoms with van der Waals surface area (Å²) >= 11 is 0. The minimum absolute atomic E-state index is 0.158. The van der Waals surface area contributed by atoms with Gasteiger partial charge in [-0.15, -0.1) is 5.10 Å². The summed E-state index contributed by atoms with van der Waals surface area (Å²) in [5, 5.41) is 12.2. The SMILES string of the molecule is COc1ccc(C)cc1-n1nnc(-c2nc(-c3ccccc3F)no2)c1C. The van der Waals surface area contributed by atoms with E-state index in [4.69, 9.17) is 9.26 Å². The first kappa shape index (κ1) is 16.9. The fourth-order valence-electron chi connectivity index (χ4n) is 2.79. The molecular weight excluding hydrogens is 349 g/mol. The van der Waals surface area contributed by atoms with Crippen molar-refractivity contribution in [2.45, 2.75) is 13.8 Å². The van der Waals surface area contributed by atoms with Gasteiger partial charge in [-0.2, -0.15) is 4.98 Å². The van der Waals surface area contributed by atoms with Crippen LogP contribution in [0.4, 0.5) is 4.39 Å². The van der Waals surface area contributed by atoms with Gasteiger partial charge in [-0.05, 0) is 43.7 Å². The van der Waals surface area contributed by atoms with Gasteiger partial charge in [-0.3, -0.25) is 0 Å². The number of hydrogen-bond donors (Lipinski definition) is 0. The van der Waals surface area contributed by atoms with Crippen molar-refractivity contribution in [2.75, 3.05) is 7.11 Å². The van der Waals surface area contributed by atoms with E-state index < -0.39 is 5.82 Å². The lowest BCUT2D eigenvalue weighted by Gasteiger charge is -2.10. The molecule has 0 saturated heterocycles. The molecule has 2 aromatic carbocycles. The number of benzene rings is 2. The molecule has 27 heavy (non-hydrogen) atoms. The fourth-order valence-corrected chi connectivity index (χ4v) is 2.79. The van der Waals surface area contributed by atoms with Crippen molar-refractivity contribution in [3.8, 4) is 34.4 Å². The number of hydrogen-bond acceptors (Lipinski definition) is 6. The zero-order valence-corrected chi connectivity index (χ0v) is 15.0. The summed E-state index contributed by atoms with van der Waals surface area (Å²) in [5.74, 6) is 0.571. The van der Waals surface area contributed by atoms with Crippen LogP contribution in [-0.2, 0) is 0 Å². The second-order valence-corrected chi connectivity index (χ2v) is 6.01. The molecule has 0 spiro atoms. The number of halogens is 1. The third-order valence-electron chi connectivity index (χ3n) is 4.20. The van der Waals surface area contributed by atoms with Gasteiger partial charge in [0.2, 0.25) is 5.82 Å². The molecule has 0 aliphatic carbocycles. The summed E-state index contributed by atoms with van der Waals surface area (Å²) in [4.78, 5) is 4.27. The number of aryl methyl sites for hydroxylation is 1. The number of aromatic nitrogens is 5. The van der Waals surface area contributed by atoms with Crippen LogP contribution < -0.4 is 4.74 Å². The number of nitrogens with zero attached hydrogens (tertiary/aromatic N) is 5. The van der Waals surface area contributed by atoms with Crippen LogP contribution in [0.1, 0.15) is 11.3 Å². The number of rotatable bonds is 4. The average molecular weight is 365 g/mol. The van der Waals surface area contributed by atoms with E-state index in [2.05, 4.69) is 20.5 Å². The highest BCUT2D eigenvalue weighted by Crippen LogP contribution is 2.29. The van der Waals surface area contributed by atoms with Crippen molar-refractivity contribution in [1.29, 1.82) is 0 Å². The molecule has 0 amide bonds. The van der Waals surface area contributed by atoms with Gasteiger partial charge in [0, 0.05) is 0 Å². The van der Waals surface area contributed by atoms with E-state index in [0.29, 0.717) is 17.1 Å². The zero-order valence-electron chi connectivity index (χ0n) is 15.0. The molecule has 2 heterocycles. The maximum atomic E-state index is 13.9. The lowest BCUT2D eigenvalue weighted by atomic mass is 10.2. The minimum Gasteiger partial charge on any atom is -0.494 e. The predicted octanol–water partition coefficient (Wildman–Crippen LogP) is 3.75. The standard InChI is InChI=1S/C19H16FN5O2/c1-11-8-9-16(26-3)15(10-11)25-12(2)17(22-24-25)19-21-18(23-27-19)13-6-4-5-7-14(13)20/h4-10H,1-3H3. The first-order valence-corrected chi connectivity index (χ1v) is 8.25. The Kier molecular flexibility index (Phi) is 4.15. The summed E-state index contributed by atoms with van der Waals surface area (Å²) < 4.78 is 26.3. The van der Waals surface area contributed by atoms with Crippen LogP contribution in [0.25, 0.3) is 28.7 Å². The molecule has 4 rings (SSSR count). The van der Waals surface area contributed by atoms with Crippen LogP contribution in [0.15, 0.2) is 47.0 Å². The smallest absolute Gasteiger partial charge is 0.280 e. The Labute approximate surface area is 154 Å². The van der Waals surface area contributed by atoms with Gasteiger partial charge in [0.1, 0.15) is 17.3 Å². The molecule has 0 aliphatic rings. The van der Waals surface area contributed by atoms with E-state index in [1.807, 2.05) is 32.0 Å². The first-order chi connectivity index (χ1) is 13.1. The molecular formula is C19H16FN5O2. The molecule has 8 heteroatoms. The lowest BCUT2D eigenvalue weighted by molar-refractivity contribution is 0.411. The van der Waals surface area contributed by atoms with Crippen molar-refractivity contribution in [2.24, 2.45) is 0 Å². The molecule has 0 fully saturated rings. The molecule has 7 nitrogen and oxygen atoms in total. The maximum Gasteiger partial charge on any atom is 0.280 e. The molecule has 0 N–H and O–H groups in total. The molecule has 0 saturated carbocycles. The number of ether oxygens (including phenoxy) is 1. The van der Waals surface area contributed by atoms with E-state index >= 15 is 0 Å². The third-order valence-corrected chi connectivity index (χ3v) is 4.20. The van der Waals surface area contributed by atoms with Crippen molar-refractivity contribution < 1.29 is 13.7 Å². The van der Waals surface area contributed by atoms with E-state index in [9.17, 15) is 4.39 Å². The molecule has 4 aromatic rings. The second-order valence-electron chi connectivity index (χ2n) is 6.01. The molecule has 0 unspecified atom stereocenters. The van der Waals surface area contributed by atoms with Gasteiger partial charge in [0.25, 0.3) is 5.89 Å². The van der Waals surface area contributed by atoms with Crippen LogP contribution in [0.2, 0.25) is 0 Å².